The van der Waals surface area contributed by atoms with Gasteiger partial charge in [0.1, 0.15) is 24.5 Å². The number of ether oxygens (including phenoxy) is 2. The average Bonchev–Trinajstić information content (AvgIpc) is 3.44. The SMILES string of the molecule is CC(C)[C@H](NC(=O)OCC1c2ccccc2-c2ccccc21)C(O)NCCNc1ccc(COC(=O)NCCSSc2ccccn2)cc1. The zero-order chi connectivity index (χ0) is 34.4. The second kappa shape index (κ2) is 18.5. The highest BCUT2D eigenvalue weighted by Crippen LogP contribution is 2.44. The molecule has 258 valence electrons. The van der Waals surface area contributed by atoms with Gasteiger partial charge in [-0.3, -0.25) is 5.32 Å². The molecule has 1 heterocycles. The maximum atomic E-state index is 12.9. The molecule has 5 rings (SSSR count). The van der Waals surface area contributed by atoms with Gasteiger partial charge in [-0.25, -0.2) is 14.6 Å². The van der Waals surface area contributed by atoms with Crippen molar-refractivity contribution in [3.8, 4) is 11.1 Å². The number of fused-ring (bicyclic) bond motifs is 3. The molecule has 10 nitrogen and oxygen atoms in total. The van der Waals surface area contributed by atoms with Crippen LogP contribution in [0.25, 0.3) is 11.1 Å². The Balaban J connectivity index is 0.966. The van der Waals surface area contributed by atoms with E-state index in [1.54, 1.807) is 27.8 Å². The molecule has 4 aromatic rings. The average molecular weight is 702 g/mol. The summed E-state index contributed by atoms with van der Waals surface area (Å²) in [6, 6.07) is 29.2. The summed E-state index contributed by atoms with van der Waals surface area (Å²) in [6.07, 6.45) is -0.227. The van der Waals surface area contributed by atoms with Crippen molar-refractivity contribution >= 4 is 39.5 Å². The van der Waals surface area contributed by atoms with Gasteiger partial charge in [0.15, 0.2) is 0 Å². The number of carbonyl (C=O) groups is 2. The Morgan fingerprint density at radius 1 is 0.837 bits per heavy atom. The van der Waals surface area contributed by atoms with Crippen LogP contribution in [-0.2, 0) is 16.1 Å². The number of amides is 2. The summed E-state index contributed by atoms with van der Waals surface area (Å²) in [5.41, 5.74) is 6.40. The largest absolute Gasteiger partial charge is 0.449 e. The van der Waals surface area contributed by atoms with Gasteiger partial charge in [0.2, 0.25) is 0 Å². The smallest absolute Gasteiger partial charge is 0.407 e. The summed E-state index contributed by atoms with van der Waals surface area (Å²) < 4.78 is 11.0. The maximum Gasteiger partial charge on any atom is 0.407 e. The highest BCUT2D eigenvalue weighted by atomic mass is 33.1. The van der Waals surface area contributed by atoms with E-state index in [4.69, 9.17) is 9.47 Å². The minimum Gasteiger partial charge on any atom is -0.449 e. The topological polar surface area (TPSA) is 134 Å². The molecule has 0 saturated heterocycles. The molecule has 0 saturated carbocycles. The van der Waals surface area contributed by atoms with Gasteiger partial charge in [0.25, 0.3) is 0 Å². The third-order valence-corrected chi connectivity index (χ3v) is 10.3. The van der Waals surface area contributed by atoms with E-state index in [-0.39, 0.29) is 25.0 Å². The molecule has 2 atom stereocenters. The van der Waals surface area contributed by atoms with Crippen molar-refractivity contribution in [1.29, 1.82) is 0 Å². The monoisotopic (exact) mass is 701 g/mol. The molecule has 1 aromatic heterocycles. The molecule has 2 amide bonds. The predicted molar refractivity (Wildman–Crippen MR) is 197 cm³/mol. The van der Waals surface area contributed by atoms with E-state index in [0.29, 0.717) is 19.6 Å². The Kier molecular flexibility index (Phi) is 13.6. The molecular weight excluding hydrogens is 659 g/mol. The third kappa shape index (κ3) is 10.6. The molecule has 0 radical (unpaired) electrons. The molecule has 49 heavy (non-hydrogen) atoms. The van der Waals surface area contributed by atoms with Crippen molar-refractivity contribution in [3.05, 3.63) is 114 Å². The molecule has 3 aromatic carbocycles. The molecule has 1 aliphatic carbocycles. The molecule has 1 unspecified atom stereocenters. The zero-order valence-corrected chi connectivity index (χ0v) is 29.3. The van der Waals surface area contributed by atoms with E-state index in [2.05, 4.69) is 50.5 Å². The van der Waals surface area contributed by atoms with Crippen LogP contribution in [0.1, 0.15) is 36.5 Å². The van der Waals surface area contributed by atoms with Crippen molar-refractivity contribution < 1.29 is 24.2 Å². The summed E-state index contributed by atoms with van der Waals surface area (Å²) in [6.45, 7) is 5.76. The number of hydrogen-bond acceptors (Lipinski definition) is 10. The van der Waals surface area contributed by atoms with Gasteiger partial charge >= 0.3 is 12.2 Å². The summed E-state index contributed by atoms with van der Waals surface area (Å²) in [5.74, 6) is 0.659. The standard InChI is InChI=1S/C37H43N5O5S2/c1-25(2)34(42-37(45)47-24-32-30-11-5-3-9-28(30)29-10-4-6-12-31(29)32)35(43)40-20-19-38-27-16-14-26(15-17-27)23-46-36(44)41-21-22-48-49-33-13-7-8-18-39-33/h3-18,25,32,34-35,38,40,43H,19-24H2,1-2H3,(H,41,44)(H,42,45)/t34-,35?/m0/s1. The first-order valence-electron chi connectivity index (χ1n) is 16.4. The Bertz CT molecular complexity index is 1600. The lowest BCUT2D eigenvalue weighted by molar-refractivity contribution is 0.0665. The summed E-state index contributed by atoms with van der Waals surface area (Å²) >= 11 is 0. The number of anilines is 1. The van der Waals surface area contributed by atoms with Crippen LogP contribution in [0.4, 0.5) is 15.3 Å². The maximum absolute atomic E-state index is 12.9. The number of hydrogen-bond donors (Lipinski definition) is 5. The Labute approximate surface area is 295 Å². The van der Waals surface area contributed by atoms with Crippen molar-refractivity contribution in [3.63, 3.8) is 0 Å². The predicted octanol–water partition coefficient (Wildman–Crippen LogP) is 6.63. The van der Waals surface area contributed by atoms with Gasteiger partial charge in [-0.2, -0.15) is 0 Å². The van der Waals surface area contributed by atoms with E-state index in [9.17, 15) is 14.7 Å². The number of rotatable bonds is 17. The van der Waals surface area contributed by atoms with Crippen LogP contribution in [0.5, 0.6) is 0 Å². The normalized spacial score (nSPS) is 13.2. The quantitative estimate of drug-likeness (QED) is 0.0464. The second-order valence-electron chi connectivity index (χ2n) is 11.8. The van der Waals surface area contributed by atoms with E-state index >= 15 is 0 Å². The van der Waals surface area contributed by atoms with Crippen LogP contribution in [-0.4, -0.2) is 66.5 Å². The molecule has 0 spiro atoms. The first-order valence-corrected chi connectivity index (χ1v) is 18.7. The van der Waals surface area contributed by atoms with E-state index < -0.39 is 24.5 Å². The summed E-state index contributed by atoms with van der Waals surface area (Å²) in [4.78, 5) is 29.1. The third-order valence-electron chi connectivity index (χ3n) is 8.05. The van der Waals surface area contributed by atoms with Gasteiger partial charge in [-0.1, -0.05) is 91.4 Å². The summed E-state index contributed by atoms with van der Waals surface area (Å²) in [5, 5.41) is 23.8. The molecule has 1 aliphatic rings. The van der Waals surface area contributed by atoms with Crippen molar-refractivity contribution in [2.75, 3.05) is 37.3 Å². The van der Waals surface area contributed by atoms with Crippen LogP contribution in [0.2, 0.25) is 0 Å². The van der Waals surface area contributed by atoms with Gasteiger partial charge in [0, 0.05) is 43.2 Å². The van der Waals surface area contributed by atoms with E-state index in [0.717, 1.165) is 33.2 Å². The van der Waals surface area contributed by atoms with Crippen LogP contribution < -0.4 is 21.3 Å². The van der Waals surface area contributed by atoms with Gasteiger partial charge in [-0.05, 0) is 68.8 Å². The number of nitrogens with one attached hydrogen (secondary N) is 4. The number of alkyl carbamates (subject to hydrolysis) is 2. The van der Waals surface area contributed by atoms with Gasteiger partial charge in [0.05, 0.1) is 6.04 Å². The summed E-state index contributed by atoms with van der Waals surface area (Å²) in [7, 11) is 3.19. The van der Waals surface area contributed by atoms with Gasteiger partial charge in [-0.15, -0.1) is 0 Å². The molecule has 12 heteroatoms. The van der Waals surface area contributed by atoms with Crippen molar-refractivity contribution in [2.45, 2.75) is 43.7 Å². The lowest BCUT2D eigenvalue weighted by Crippen LogP contribution is -2.53. The Morgan fingerprint density at radius 2 is 1.53 bits per heavy atom. The van der Waals surface area contributed by atoms with Crippen molar-refractivity contribution in [2.24, 2.45) is 5.92 Å². The van der Waals surface area contributed by atoms with Gasteiger partial charge < -0.3 is 30.5 Å². The molecule has 0 bridgehead atoms. The van der Waals surface area contributed by atoms with Crippen molar-refractivity contribution in [1.82, 2.24) is 20.9 Å². The number of carbonyl (C=O) groups excluding carboxylic acids is 2. The fourth-order valence-corrected chi connectivity index (χ4v) is 7.34. The van der Waals surface area contributed by atoms with E-state index in [1.807, 2.05) is 80.6 Å². The minimum absolute atomic E-state index is 0.0340. The molecule has 5 N–H and O–H groups in total. The van der Waals surface area contributed by atoms with Crippen LogP contribution in [0.15, 0.2) is 102 Å². The molecular formula is C37H43N5O5S2. The number of aliphatic hydroxyl groups excluding tert-OH is 1. The molecule has 0 fully saturated rings. The van der Waals surface area contributed by atoms with Crippen LogP contribution in [0, 0.1) is 5.92 Å². The first-order chi connectivity index (χ1) is 23.9. The van der Waals surface area contributed by atoms with Crippen LogP contribution in [0.3, 0.4) is 0 Å². The Hall–Kier alpha value is -4.23. The number of benzene rings is 3. The molecule has 0 aliphatic heterocycles. The highest BCUT2D eigenvalue weighted by molar-refractivity contribution is 8.76. The number of aromatic nitrogens is 1. The number of aliphatic hydroxyl groups is 1. The number of pyridine rings is 1. The van der Waals surface area contributed by atoms with E-state index in [1.165, 1.54) is 11.1 Å². The lowest BCUT2D eigenvalue weighted by atomic mass is 9.98. The lowest BCUT2D eigenvalue weighted by Gasteiger charge is -2.28. The zero-order valence-electron chi connectivity index (χ0n) is 27.6. The highest BCUT2D eigenvalue weighted by Gasteiger charge is 2.30. The minimum atomic E-state index is -0.967. The second-order valence-corrected chi connectivity index (χ2v) is 14.3. The van der Waals surface area contributed by atoms with Crippen LogP contribution >= 0.6 is 21.6 Å². The fourth-order valence-electron chi connectivity index (χ4n) is 5.55. The number of nitrogens with zero attached hydrogens (tertiary/aromatic N) is 1. The Morgan fingerprint density at radius 3 is 2.20 bits per heavy atom. The first kappa shape index (κ1) is 36.1. The fraction of sp³-hybridized carbons (Fsp3) is 0.324.